The van der Waals surface area contributed by atoms with Crippen LogP contribution >= 0.6 is 0 Å². The summed E-state index contributed by atoms with van der Waals surface area (Å²) in [5, 5.41) is 7.57. The first-order chi connectivity index (χ1) is 9.97. The molecule has 138 valence electrons. The minimum Gasteiger partial charge on any atom is -1.00 e. The molecule has 1 N–H and O–H groups in total. The second-order valence-corrected chi connectivity index (χ2v) is 7.22. The first-order valence-corrected chi connectivity index (χ1v) is 9.39. The van der Waals surface area contributed by atoms with Gasteiger partial charge in [-0.05, 0) is 19.8 Å². The van der Waals surface area contributed by atoms with Gasteiger partial charge in [0.15, 0.2) is 0 Å². The fourth-order valence-electron chi connectivity index (χ4n) is 2.43. The van der Waals surface area contributed by atoms with Gasteiger partial charge < -0.3 is 26.6 Å². The van der Waals surface area contributed by atoms with Crippen molar-refractivity contribution >= 4 is 0 Å². The van der Waals surface area contributed by atoms with Gasteiger partial charge in [-0.2, -0.15) is 0 Å². The SMILES string of the molecule is CCCCCCCCCCCCCC[N+](C)(C)C.CCO.[Br-]. The van der Waals surface area contributed by atoms with E-state index < -0.39 is 0 Å². The Morgan fingerprint density at radius 3 is 1.14 bits per heavy atom. The zero-order chi connectivity index (χ0) is 16.4. The highest BCUT2D eigenvalue weighted by molar-refractivity contribution is 4.48. The summed E-state index contributed by atoms with van der Waals surface area (Å²) >= 11 is 0. The van der Waals surface area contributed by atoms with Crippen LogP contribution in [-0.4, -0.2) is 43.9 Å². The van der Waals surface area contributed by atoms with E-state index in [-0.39, 0.29) is 23.6 Å². The second kappa shape index (κ2) is 21.4. The largest absolute Gasteiger partial charge is 1.00 e. The van der Waals surface area contributed by atoms with Crippen molar-refractivity contribution in [1.29, 1.82) is 0 Å². The molecule has 0 saturated heterocycles. The Hall–Kier alpha value is 0.400. The third-order valence-electron chi connectivity index (χ3n) is 3.68. The van der Waals surface area contributed by atoms with Crippen molar-refractivity contribution < 1.29 is 26.6 Å². The van der Waals surface area contributed by atoms with Gasteiger partial charge in [0, 0.05) is 6.61 Å². The molecular formula is C19H44BrNO. The van der Waals surface area contributed by atoms with E-state index in [9.17, 15) is 0 Å². The molecule has 2 nitrogen and oxygen atoms in total. The lowest BCUT2D eigenvalue weighted by molar-refractivity contribution is -0.870. The van der Waals surface area contributed by atoms with Gasteiger partial charge in [-0.25, -0.2) is 0 Å². The highest BCUT2D eigenvalue weighted by Gasteiger charge is 2.04. The van der Waals surface area contributed by atoms with E-state index in [0.29, 0.717) is 0 Å². The lowest BCUT2D eigenvalue weighted by atomic mass is 10.1. The van der Waals surface area contributed by atoms with E-state index >= 15 is 0 Å². The number of rotatable bonds is 13. The van der Waals surface area contributed by atoms with Crippen LogP contribution < -0.4 is 17.0 Å². The van der Waals surface area contributed by atoms with Crippen LogP contribution in [-0.2, 0) is 0 Å². The molecule has 0 fully saturated rings. The molecule has 0 saturated carbocycles. The number of aliphatic hydroxyl groups is 1. The summed E-state index contributed by atoms with van der Waals surface area (Å²) < 4.78 is 1.12. The Kier molecular flexibility index (Phi) is 26.5. The van der Waals surface area contributed by atoms with Gasteiger partial charge in [0.25, 0.3) is 0 Å². The number of hydrogen-bond donors (Lipinski definition) is 1. The van der Waals surface area contributed by atoms with Crippen molar-refractivity contribution in [2.24, 2.45) is 0 Å². The van der Waals surface area contributed by atoms with Gasteiger partial charge in [-0.15, -0.1) is 0 Å². The van der Waals surface area contributed by atoms with Crippen LogP contribution in [0.25, 0.3) is 0 Å². The topological polar surface area (TPSA) is 20.2 Å². The van der Waals surface area contributed by atoms with Gasteiger partial charge >= 0.3 is 0 Å². The summed E-state index contributed by atoms with van der Waals surface area (Å²) in [5.74, 6) is 0. The highest BCUT2D eigenvalue weighted by Crippen LogP contribution is 2.12. The lowest BCUT2D eigenvalue weighted by Gasteiger charge is -2.23. The lowest BCUT2D eigenvalue weighted by Crippen LogP contribution is -3.00. The van der Waals surface area contributed by atoms with Gasteiger partial charge in [0.1, 0.15) is 0 Å². The summed E-state index contributed by atoms with van der Waals surface area (Å²) in [5.41, 5.74) is 0. The number of hydrogen-bond acceptors (Lipinski definition) is 1. The number of quaternary nitrogens is 1. The quantitative estimate of drug-likeness (QED) is 0.383. The van der Waals surface area contributed by atoms with Crippen molar-refractivity contribution in [3.05, 3.63) is 0 Å². The van der Waals surface area contributed by atoms with Gasteiger partial charge in [0.05, 0.1) is 27.7 Å². The van der Waals surface area contributed by atoms with Crippen LogP contribution in [0.1, 0.15) is 90.9 Å². The molecule has 0 aliphatic carbocycles. The molecule has 0 bridgehead atoms. The summed E-state index contributed by atoms with van der Waals surface area (Å²) in [6.07, 6.45) is 17.4. The third-order valence-corrected chi connectivity index (χ3v) is 3.68. The molecule has 0 atom stereocenters. The van der Waals surface area contributed by atoms with Gasteiger partial charge in [0.2, 0.25) is 0 Å². The molecule has 22 heavy (non-hydrogen) atoms. The Morgan fingerprint density at radius 2 is 0.864 bits per heavy atom. The van der Waals surface area contributed by atoms with Crippen LogP contribution in [0.15, 0.2) is 0 Å². The molecule has 0 aromatic heterocycles. The minimum atomic E-state index is 0. The number of nitrogens with zero attached hydrogens (tertiary/aromatic N) is 1. The van der Waals surface area contributed by atoms with E-state index in [2.05, 4.69) is 28.1 Å². The van der Waals surface area contributed by atoms with E-state index in [1.165, 1.54) is 83.6 Å². The van der Waals surface area contributed by atoms with E-state index in [1.807, 2.05) is 0 Å². The Bertz CT molecular complexity index is 181. The first kappa shape index (κ1) is 27.3. The molecule has 0 aliphatic heterocycles. The average Bonchev–Trinajstić information content (AvgIpc) is 2.40. The molecule has 0 aromatic rings. The zero-order valence-corrected chi connectivity index (χ0v) is 17.8. The smallest absolute Gasteiger partial charge is 0.0780 e. The van der Waals surface area contributed by atoms with Crippen molar-refractivity contribution in [1.82, 2.24) is 0 Å². The molecular weight excluding hydrogens is 338 g/mol. The molecule has 0 amide bonds. The van der Waals surface area contributed by atoms with E-state index in [1.54, 1.807) is 6.92 Å². The molecule has 0 heterocycles. The summed E-state index contributed by atoms with van der Waals surface area (Å²) in [6, 6.07) is 0. The van der Waals surface area contributed by atoms with Crippen LogP contribution in [0.4, 0.5) is 0 Å². The molecule has 3 heteroatoms. The monoisotopic (exact) mass is 381 g/mol. The average molecular weight is 382 g/mol. The van der Waals surface area contributed by atoms with Crippen molar-refractivity contribution in [2.45, 2.75) is 90.9 Å². The molecule has 0 aromatic carbocycles. The summed E-state index contributed by atoms with van der Waals surface area (Å²) in [6.45, 7) is 5.55. The molecule has 0 rings (SSSR count). The van der Waals surface area contributed by atoms with Gasteiger partial charge in [-0.3, -0.25) is 0 Å². The molecule has 0 aliphatic rings. The maximum absolute atomic E-state index is 7.57. The third kappa shape index (κ3) is 32.4. The minimum absolute atomic E-state index is 0. The van der Waals surface area contributed by atoms with Crippen LogP contribution in [0.3, 0.4) is 0 Å². The van der Waals surface area contributed by atoms with Crippen molar-refractivity contribution in [2.75, 3.05) is 34.3 Å². The van der Waals surface area contributed by atoms with Crippen molar-refractivity contribution in [3.63, 3.8) is 0 Å². The van der Waals surface area contributed by atoms with Crippen LogP contribution in [0.5, 0.6) is 0 Å². The zero-order valence-electron chi connectivity index (χ0n) is 16.2. The summed E-state index contributed by atoms with van der Waals surface area (Å²) in [4.78, 5) is 0. The highest BCUT2D eigenvalue weighted by atomic mass is 79.9. The van der Waals surface area contributed by atoms with Crippen LogP contribution in [0, 0.1) is 0 Å². The predicted octanol–water partition coefficient (Wildman–Crippen LogP) is 2.40. The summed E-state index contributed by atoms with van der Waals surface area (Å²) in [7, 11) is 6.87. The number of halogens is 1. The first-order valence-electron chi connectivity index (χ1n) is 9.39. The van der Waals surface area contributed by atoms with Crippen LogP contribution in [0.2, 0.25) is 0 Å². The Morgan fingerprint density at radius 1 is 0.591 bits per heavy atom. The predicted molar refractivity (Wildman–Crippen MR) is 96.7 cm³/mol. The van der Waals surface area contributed by atoms with Crippen molar-refractivity contribution in [3.8, 4) is 0 Å². The van der Waals surface area contributed by atoms with Gasteiger partial charge in [-0.1, -0.05) is 71.1 Å². The molecule has 0 spiro atoms. The maximum atomic E-state index is 7.57. The van der Waals surface area contributed by atoms with E-state index in [4.69, 9.17) is 5.11 Å². The Balaban J connectivity index is -0.000000827. The van der Waals surface area contributed by atoms with E-state index in [0.717, 1.165) is 4.48 Å². The molecule has 0 radical (unpaired) electrons. The Labute approximate surface area is 152 Å². The fraction of sp³-hybridized carbons (Fsp3) is 1.00. The normalized spacial score (nSPS) is 10.6. The number of aliphatic hydroxyl groups excluding tert-OH is 1. The molecule has 0 unspecified atom stereocenters. The maximum Gasteiger partial charge on any atom is 0.0780 e. The standard InChI is InChI=1S/C17H38N.C2H6O.BrH/c1-5-6-7-8-9-10-11-12-13-14-15-16-17-18(2,3)4;1-2-3;/h5-17H2,1-4H3;3H,2H2,1H3;1H/q+1;;/p-1. The number of unbranched alkanes of at least 4 members (excludes halogenated alkanes) is 11. The second-order valence-electron chi connectivity index (χ2n) is 7.22. The fourth-order valence-corrected chi connectivity index (χ4v) is 2.43.